The number of aliphatic hydroxyl groups is 1. The molecule has 5 heteroatoms. The molecule has 0 bridgehead atoms. The molecular weight excluding hydrogens is 220 g/mol. The van der Waals surface area contributed by atoms with Crippen LogP contribution in [0.4, 0.5) is 0 Å². The highest BCUT2D eigenvalue weighted by atomic mass is 16.5. The van der Waals surface area contributed by atoms with Crippen molar-refractivity contribution in [1.29, 1.82) is 0 Å². The van der Waals surface area contributed by atoms with Gasteiger partial charge in [0.1, 0.15) is 0 Å². The summed E-state index contributed by atoms with van der Waals surface area (Å²) in [5, 5.41) is 12.2. The van der Waals surface area contributed by atoms with E-state index in [1.807, 2.05) is 0 Å². The normalized spacial score (nSPS) is 25.8. The van der Waals surface area contributed by atoms with Crippen LogP contribution in [-0.4, -0.2) is 43.4 Å². The van der Waals surface area contributed by atoms with Gasteiger partial charge in [-0.25, -0.2) is 0 Å². The van der Waals surface area contributed by atoms with Gasteiger partial charge in [0.2, 0.25) is 5.91 Å². The van der Waals surface area contributed by atoms with Gasteiger partial charge in [-0.1, -0.05) is 0 Å². The number of ether oxygens (including phenoxy) is 1. The Morgan fingerprint density at radius 2 is 2.35 bits per heavy atom. The Labute approximate surface area is 103 Å². The minimum atomic E-state index is -0.448. The maximum Gasteiger partial charge on any atom is 0.236 e. The van der Waals surface area contributed by atoms with Gasteiger partial charge in [0.05, 0.1) is 12.1 Å². The summed E-state index contributed by atoms with van der Waals surface area (Å²) in [6.07, 6.45) is 3.88. The number of hydrogen-bond donors (Lipinski definition) is 3. The Morgan fingerprint density at radius 3 is 2.94 bits per heavy atom. The summed E-state index contributed by atoms with van der Waals surface area (Å²) in [6, 6.07) is -0.448. The molecule has 1 fully saturated rings. The quantitative estimate of drug-likeness (QED) is 0.551. The zero-order valence-corrected chi connectivity index (χ0v) is 10.5. The molecule has 1 aliphatic rings. The monoisotopic (exact) mass is 244 g/mol. The number of hydrogen-bond acceptors (Lipinski definition) is 4. The van der Waals surface area contributed by atoms with Crippen molar-refractivity contribution in [3.8, 4) is 0 Å². The summed E-state index contributed by atoms with van der Waals surface area (Å²) in [4.78, 5) is 11.6. The first-order valence-electron chi connectivity index (χ1n) is 6.33. The predicted octanol–water partition coefficient (Wildman–Crippen LogP) is 0.0175. The molecule has 1 rings (SSSR count). The molecule has 3 atom stereocenters. The van der Waals surface area contributed by atoms with Gasteiger partial charge in [-0.05, 0) is 38.0 Å². The third-order valence-corrected chi connectivity index (χ3v) is 3.28. The highest BCUT2D eigenvalue weighted by Gasteiger charge is 2.23. The van der Waals surface area contributed by atoms with E-state index in [4.69, 9.17) is 10.5 Å². The van der Waals surface area contributed by atoms with Crippen LogP contribution in [0.1, 0.15) is 32.1 Å². The van der Waals surface area contributed by atoms with Gasteiger partial charge in [-0.15, -0.1) is 0 Å². The van der Waals surface area contributed by atoms with Gasteiger partial charge in [0.15, 0.2) is 0 Å². The molecule has 5 nitrogen and oxygen atoms in total. The first-order valence-corrected chi connectivity index (χ1v) is 6.33. The fraction of sp³-hybridized carbons (Fsp3) is 0.917. The molecule has 1 aliphatic carbocycles. The minimum Gasteiger partial charge on any atom is -0.393 e. The highest BCUT2D eigenvalue weighted by molar-refractivity contribution is 5.81. The molecule has 17 heavy (non-hydrogen) atoms. The molecule has 0 aromatic heterocycles. The first-order chi connectivity index (χ1) is 8.13. The average Bonchev–Trinajstić information content (AvgIpc) is 2.72. The zero-order valence-electron chi connectivity index (χ0n) is 10.5. The number of carbonyl (C=O) groups is 1. The summed E-state index contributed by atoms with van der Waals surface area (Å²) in [5.41, 5.74) is 5.75. The number of rotatable bonds is 7. The van der Waals surface area contributed by atoms with Crippen molar-refractivity contribution in [2.75, 3.05) is 20.3 Å². The Bertz CT molecular complexity index is 236. The topological polar surface area (TPSA) is 84.6 Å². The van der Waals surface area contributed by atoms with Crippen molar-refractivity contribution >= 4 is 5.91 Å². The SMILES string of the molecule is COCCCC(N)C(=O)NCC1CCC(O)C1. The Morgan fingerprint density at radius 1 is 1.59 bits per heavy atom. The van der Waals surface area contributed by atoms with Crippen LogP contribution in [0, 0.1) is 5.92 Å². The second kappa shape index (κ2) is 7.63. The third-order valence-electron chi connectivity index (χ3n) is 3.28. The van der Waals surface area contributed by atoms with Crippen LogP contribution in [0.3, 0.4) is 0 Å². The fourth-order valence-corrected chi connectivity index (χ4v) is 2.19. The van der Waals surface area contributed by atoms with Crippen LogP contribution in [-0.2, 0) is 9.53 Å². The van der Waals surface area contributed by atoms with Crippen LogP contribution < -0.4 is 11.1 Å². The maximum absolute atomic E-state index is 11.6. The summed E-state index contributed by atoms with van der Waals surface area (Å²) in [7, 11) is 1.64. The molecule has 1 amide bonds. The van der Waals surface area contributed by atoms with Crippen LogP contribution in [0.25, 0.3) is 0 Å². The number of methoxy groups -OCH3 is 1. The molecule has 0 saturated heterocycles. The fourth-order valence-electron chi connectivity index (χ4n) is 2.19. The number of nitrogens with one attached hydrogen (secondary N) is 1. The number of nitrogens with two attached hydrogens (primary N) is 1. The van der Waals surface area contributed by atoms with Gasteiger partial charge >= 0.3 is 0 Å². The molecule has 0 heterocycles. The second-order valence-electron chi connectivity index (χ2n) is 4.82. The van der Waals surface area contributed by atoms with E-state index in [0.717, 1.165) is 25.7 Å². The van der Waals surface area contributed by atoms with Crippen LogP contribution in [0.2, 0.25) is 0 Å². The summed E-state index contributed by atoms with van der Waals surface area (Å²) >= 11 is 0. The molecule has 0 spiro atoms. The molecule has 0 aromatic rings. The molecule has 0 radical (unpaired) electrons. The minimum absolute atomic E-state index is 0.0949. The van der Waals surface area contributed by atoms with E-state index >= 15 is 0 Å². The lowest BCUT2D eigenvalue weighted by Crippen LogP contribution is -2.42. The molecule has 0 aromatic carbocycles. The van der Waals surface area contributed by atoms with Crippen LogP contribution in [0.15, 0.2) is 0 Å². The lowest BCUT2D eigenvalue weighted by atomic mass is 10.1. The Balaban J connectivity index is 2.11. The molecule has 100 valence electrons. The molecule has 1 saturated carbocycles. The standard InChI is InChI=1S/C12H24N2O3/c1-17-6-2-3-11(13)12(16)14-8-9-4-5-10(15)7-9/h9-11,15H,2-8,13H2,1H3,(H,14,16). The van der Waals surface area contributed by atoms with E-state index in [9.17, 15) is 9.90 Å². The van der Waals surface area contributed by atoms with Gasteiger partial charge in [-0.2, -0.15) is 0 Å². The van der Waals surface area contributed by atoms with E-state index in [-0.39, 0.29) is 12.0 Å². The average molecular weight is 244 g/mol. The van der Waals surface area contributed by atoms with Crippen LogP contribution in [0.5, 0.6) is 0 Å². The third kappa shape index (κ3) is 5.48. The van der Waals surface area contributed by atoms with Gasteiger partial charge in [0.25, 0.3) is 0 Å². The summed E-state index contributed by atoms with van der Waals surface area (Å²) in [5.74, 6) is 0.308. The Kier molecular flexibility index (Phi) is 6.47. The van der Waals surface area contributed by atoms with E-state index < -0.39 is 6.04 Å². The van der Waals surface area contributed by atoms with Crippen molar-refractivity contribution in [2.45, 2.75) is 44.2 Å². The smallest absolute Gasteiger partial charge is 0.236 e. The van der Waals surface area contributed by atoms with Gasteiger partial charge in [-0.3, -0.25) is 4.79 Å². The van der Waals surface area contributed by atoms with E-state index in [1.165, 1.54) is 0 Å². The lowest BCUT2D eigenvalue weighted by Gasteiger charge is -2.14. The zero-order chi connectivity index (χ0) is 12.7. The predicted molar refractivity (Wildman–Crippen MR) is 65.4 cm³/mol. The van der Waals surface area contributed by atoms with Gasteiger partial charge < -0.3 is 20.9 Å². The van der Waals surface area contributed by atoms with E-state index in [2.05, 4.69) is 5.32 Å². The number of amides is 1. The van der Waals surface area contributed by atoms with Crippen molar-refractivity contribution in [2.24, 2.45) is 11.7 Å². The molecule has 3 unspecified atom stereocenters. The lowest BCUT2D eigenvalue weighted by molar-refractivity contribution is -0.122. The second-order valence-corrected chi connectivity index (χ2v) is 4.82. The molecule has 4 N–H and O–H groups in total. The van der Waals surface area contributed by atoms with E-state index in [0.29, 0.717) is 25.5 Å². The Hall–Kier alpha value is -0.650. The van der Waals surface area contributed by atoms with Crippen molar-refractivity contribution in [3.63, 3.8) is 0 Å². The van der Waals surface area contributed by atoms with Crippen molar-refractivity contribution in [1.82, 2.24) is 5.32 Å². The van der Waals surface area contributed by atoms with Gasteiger partial charge in [0, 0.05) is 20.3 Å². The van der Waals surface area contributed by atoms with Crippen LogP contribution >= 0.6 is 0 Å². The van der Waals surface area contributed by atoms with E-state index in [1.54, 1.807) is 7.11 Å². The number of carbonyl (C=O) groups excluding carboxylic acids is 1. The number of aliphatic hydroxyl groups excluding tert-OH is 1. The summed E-state index contributed by atoms with van der Waals surface area (Å²) in [6.45, 7) is 1.27. The van der Waals surface area contributed by atoms with Crippen molar-refractivity contribution in [3.05, 3.63) is 0 Å². The first kappa shape index (κ1) is 14.4. The highest BCUT2D eigenvalue weighted by Crippen LogP contribution is 2.24. The summed E-state index contributed by atoms with van der Waals surface area (Å²) < 4.78 is 4.91. The van der Waals surface area contributed by atoms with Crippen molar-refractivity contribution < 1.29 is 14.6 Å². The maximum atomic E-state index is 11.6. The molecular formula is C12H24N2O3. The largest absolute Gasteiger partial charge is 0.393 e. The molecule has 0 aliphatic heterocycles.